The fourth-order valence-corrected chi connectivity index (χ4v) is 1.83. The van der Waals surface area contributed by atoms with Crippen molar-refractivity contribution in [2.75, 3.05) is 11.4 Å². The number of hydrogen-bond donors (Lipinski definition) is 1. The van der Waals surface area contributed by atoms with Crippen molar-refractivity contribution in [2.24, 2.45) is 0 Å². The summed E-state index contributed by atoms with van der Waals surface area (Å²) in [5, 5.41) is 9.18. The van der Waals surface area contributed by atoms with Crippen LogP contribution in [-0.2, 0) is 0 Å². The molecule has 0 radical (unpaired) electrons. The Kier molecular flexibility index (Phi) is 4.69. The maximum atomic E-state index is 11.2. The summed E-state index contributed by atoms with van der Waals surface area (Å²) in [6.45, 7) is 8.21. The quantitative estimate of drug-likeness (QED) is 0.849. The van der Waals surface area contributed by atoms with Gasteiger partial charge in [0.1, 0.15) is 11.4 Å². The van der Waals surface area contributed by atoms with Gasteiger partial charge < -0.3 is 10.0 Å². The fraction of sp³-hybridized carbons (Fsp3) is 0.333. The number of carboxylic acids is 1. The number of anilines is 1. The largest absolute Gasteiger partial charge is 0.478 e. The molecule has 0 amide bonds. The van der Waals surface area contributed by atoms with Gasteiger partial charge in [-0.3, -0.25) is 0 Å². The second-order valence-electron chi connectivity index (χ2n) is 3.86. The third kappa shape index (κ3) is 3.30. The van der Waals surface area contributed by atoms with E-state index in [1.165, 1.54) is 0 Å². The zero-order chi connectivity index (χ0) is 13.0. The summed E-state index contributed by atoms with van der Waals surface area (Å²) in [4.78, 5) is 17.3. The van der Waals surface area contributed by atoms with Gasteiger partial charge in [0.05, 0.1) is 0 Å². The molecule has 5 heteroatoms. The predicted octanol–water partition coefficient (Wildman–Crippen LogP) is 2.94. The van der Waals surface area contributed by atoms with E-state index in [4.69, 9.17) is 0 Å². The Balaban J connectivity index is 3.26. The molecule has 0 aliphatic heterocycles. The van der Waals surface area contributed by atoms with Crippen LogP contribution in [0.15, 0.2) is 29.4 Å². The van der Waals surface area contributed by atoms with Gasteiger partial charge in [0.15, 0.2) is 0 Å². The molecule has 4 nitrogen and oxygen atoms in total. The third-order valence-electron chi connectivity index (χ3n) is 2.28. The van der Waals surface area contributed by atoms with Crippen LogP contribution in [-0.4, -0.2) is 28.6 Å². The van der Waals surface area contributed by atoms with Gasteiger partial charge in [0.2, 0.25) is 0 Å². The summed E-state index contributed by atoms with van der Waals surface area (Å²) < 4.78 is 0.654. The van der Waals surface area contributed by atoms with E-state index in [-0.39, 0.29) is 11.6 Å². The molecule has 17 heavy (non-hydrogen) atoms. The lowest BCUT2D eigenvalue weighted by Crippen LogP contribution is -2.33. The standard InChI is InChI=1S/C12H15BrN2O2/c1-4-5-15(8(2)3)11-10(12(16)17)6-9(13)7-14-11/h4,6-8H,1,5H2,2-3H3,(H,16,17). The van der Waals surface area contributed by atoms with Gasteiger partial charge in [-0.2, -0.15) is 0 Å². The number of aromatic nitrogens is 1. The Bertz CT molecular complexity index is 433. The molecule has 1 N–H and O–H groups in total. The van der Waals surface area contributed by atoms with Crippen LogP contribution in [0.4, 0.5) is 5.82 Å². The molecule has 0 aliphatic carbocycles. The lowest BCUT2D eigenvalue weighted by atomic mass is 10.2. The molecule has 0 bridgehead atoms. The summed E-state index contributed by atoms with van der Waals surface area (Å²) in [5.74, 6) is -0.515. The molecule has 0 spiro atoms. The van der Waals surface area contributed by atoms with Crippen molar-refractivity contribution >= 4 is 27.7 Å². The highest BCUT2D eigenvalue weighted by atomic mass is 79.9. The summed E-state index contributed by atoms with van der Waals surface area (Å²) in [6, 6.07) is 1.71. The van der Waals surface area contributed by atoms with E-state index < -0.39 is 5.97 Å². The van der Waals surface area contributed by atoms with Gasteiger partial charge in [0.25, 0.3) is 0 Å². The van der Waals surface area contributed by atoms with E-state index in [2.05, 4.69) is 27.5 Å². The minimum atomic E-state index is -0.983. The Morgan fingerprint density at radius 3 is 2.82 bits per heavy atom. The van der Waals surface area contributed by atoms with Crippen molar-refractivity contribution in [3.05, 3.63) is 35.0 Å². The minimum Gasteiger partial charge on any atom is -0.478 e. The van der Waals surface area contributed by atoms with Crippen molar-refractivity contribution in [2.45, 2.75) is 19.9 Å². The van der Waals surface area contributed by atoms with Crippen molar-refractivity contribution in [1.82, 2.24) is 4.98 Å². The number of halogens is 1. The maximum absolute atomic E-state index is 11.2. The molecule has 0 fully saturated rings. The first-order chi connectivity index (χ1) is 7.97. The van der Waals surface area contributed by atoms with Crippen LogP contribution >= 0.6 is 15.9 Å². The van der Waals surface area contributed by atoms with E-state index in [0.29, 0.717) is 16.8 Å². The molecule has 1 rings (SSSR count). The van der Waals surface area contributed by atoms with E-state index in [1.54, 1.807) is 18.3 Å². The number of aromatic carboxylic acids is 1. The Morgan fingerprint density at radius 2 is 2.35 bits per heavy atom. The summed E-state index contributed by atoms with van der Waals surface area (Å²) in [5.41, 5.74) is 0.190. The molecule has 0 saturated heterocycles. The van der Waals surface area contributed by atoms with Crippen LogP contribution in [0, 0.1) is 0 Å². The van der Waals surface area contributed by atoms with E-state index >= 15 is 0 Å². The zero-order valence-electron chi connectivity index (χ0n) is 9.85. The first-order valence-electron chi connectivity index (χ1n) is 5.23. The second-order valence-corrected chi connectivity index (χ2v) is 4.78. The van der Waals surface area contributed by atoms with Crippen molar-refractivity contribution in [1.29, 1.82) is 0 Å². The van der Waals surface area contributed by atoms with Gasteiger partial charge in [-0.05, 0) is 35.8 Å². The van der Waals surface area contributed by atoms with Crippen molar-refractivity contribution in [3.8, 4) is 0 Å². The highest BCUT2D eigenvalue weighted by Crippen LogP contribution is 2.23. The summed E-state index contributed by atoms with van der Waals surface area (Å²) >= 11 is 3.23. The zero-order valence-corrected chi connectivity index (χ0v) is 11.4. The first-order valence-corrected chi connectivity index (χ1v) is 6.03. The van der Waals surface area contributed by atoms with Crippen LogP contribution in [0.2, 0.25) is 0 Å². The van der Waals surface area contributed by atoms with E-state index in [1.807, 2.05) is 18.7 Å². The monoisotopic (exact) mass is 298 g/mol. The molecular weight excluding hydrogens is 284 g/mol. The third-order valence-corrected chi connectivity index (χ3v) is 2.72. The smallest absolute Gasteiger partial charge is 0.339 e. The van der Waals surface area contributed by atoms with Crippen LogP contribution in [0.25, 0.3) is 0 Å². The van der Waals surface area contributed by atoms with Crippen LogP contribution in [0.3, 0.4) is 0 Å². The number of rotatable bonds is 5. The molecule has 0 saturated carbocycles. The molecular formula is C12H15BrN2O2. The van der Waals surface area contributed by atoms with Gasteiger partial charge in [-0.1, -0.05) is 6.08 Å². The van der Waals surface area contributed by atoms with Crippen molar-refractivity contribution < 1.29 is 9.90 Å². The van der Waals surface area contributed by atoms with Gasteiger partial charge in [-0.25, -0.2) is 9.78 Å². The lowest BCUT2D eigenvalue weighted by molar-refractivity contribution is 0.0697. The van der Waals surface area contributed by atoms with Crippen LogP contribution in [0.5, 0.6) is 0 Å². The lowest BCUT2D eigenvalue weighted by Gasteiger charge is -2.27. The van der Waals surface area contributed by atoms with Gasteiger partial charge in [0, 0.05) is 23.3 Å². The van der Waals surface area contributed by atoms with Gasteiger partial charge >= 0.3 is 5.97 Å². The summed E-state index contributed by atoms with van der Waals surface area (Å²) in [7, 11) is 0. The Labute approximate surface area is 109 Å². The molecule has 1 aromatic heterocycles. The van der Waals surface area contributed by atoms with E-state index in [9.17, 15) is 9.90 Å². The minimum absolute atomic E-state index is 0.153. The average Bonchev–Trinajstić information content (AvgIpc) is 2.26. The fourth-order valence-electron chi connectivity index (χ4n) is 1.50. The van der Waals surface area contributed by atoms with E-state index in [0.717, 1.165) is 0 Å². The summed E-state index contributed by atoms with van der Waals surface area (Å²) in [6.07, 6.45) is 3.33. The number of nitrogens with zero attached hydrogens (tertiary/aromatic N) is 2. The normalized spacial score (nSPS) is 10.4. The number of pyridine rings is 1. The molecule has 0 aliphatic rings. The van der Waals surface area contributed by atoms with Crippen molar-refractivity contribution in [3.63, 3.8) is 0 Å². The maximum Gasteiger partial charge on any atom is 0.339 e. The topological polar surface area (TPSA) is 53.4 Å². The number of carboxylic acid groups (broad SMARTS) is 1. The highest BCUT2D eigenvalue weighted by molar-refractivity contribution is 9.10. The predicted molar refractivity (Wildman–Crippen MR) is 71.6 cm³/mol. The Morgan fingerprint density at radius 1 is 1.71 bits per heavy atom. The number of carbonyl (C=O) groups is 1. The molecule has 0 atom stereocenters. The molecule has 1 aromatic rings. The van der Waals surface area contributed by atoms with Crippen LogP contribution < -0.4 is 4.90 Å². The number of hydrogen-bond acceptors (Lipinski definition) is 3. The average molecular weight is 299 g/mol. The molecule has 0 aromatic carbocycles. The SMILES string of the molecule is C=CCN(c1ncc(Br)cc1C(=O)O)C(C)C. The Hall–Kier alpha value is -1.36. The highest BCUT2D eigenvalue weighted by Gasteiger charge is 2.19. The molecule has 1 heterocycles. The second kappa shape index (κ2) is 5.82. The molecule has 92 valence electrons. The first kappa shape index (κ1) is 13.7. The van der Waals surface area contributed by atoms with Gasteiger partial charge in [-0.15, -0.1) is 6.58 Å². The van der Waals surface area contributed by atoms with Crippen LogP contribution in [0.1, 0.15) is 24.2 Å². The molecule has 0 unspecified atom stereocenters.